The minimum atomic E-state index is -3.47. The van der Waals surface area contributed by atoms with Crippen molar-refractivity contribution in [3.8, 4) is 16.9 Å². The summed E-state index contributed by atoms with van der Waals surface area (Å²) in [6, 6.07) is 7.17. The van der Waals surface area contributed by atoms with Crippen molar-refractivity contribution < 1.29 is 18.3 Å². The molecule has 0 saturated heterocycles. The molecular formula is C25H29N3O5S. The number of benzene rings is 1. The van der Waals surface area contributed by atoms with Gasteiger partial charge in [-0.3, -0.25) is 9.52 Å². The van der Waals surface area contributed by atoms with Crippen LogP contribution >= 0.6 is 0 Å². The molecule has 4 saturated carbocycles. The molecule has 0 radical (unpaired) electrons. The van der Waals surface area contributed by atoms with Crippen LogP contribution in [0.2, 0.25) is 0 Å². The zero-order valence-electron chi connectivity index (χ0n) is 19.2. The summed E-state index contributed by atoms with van der Waals surface area (Å²) < 4.78 is 34.8. The van der Waals surface area contributed by atoms with E-state index in [4.69, 9.17) is 4.74 Å². The van der Waals surface area contributed by atoms with E-state index < -0.39 is 10.0 Å². The molecule has 0 spiro atoms. The van der Waals surface area contributed by atoms with Crippen molar-refractivity contribution in [2.24, 2.45) is 24.8 Å². The van der Waals surface area contributed by atoms with Gasteiger partial charge in [0.25, 0.3) is 5.56 Å². The van der Waals surface area contributed by atoms with Gasteiger partial charge in [0, 0.05) is 41.6 Å². The number of hydrogen-bond acceptors (Lipinski definition) is 5. The van der Waals surface area contributed by atoms with E-state index in [1.54, 1.807) is 31.6 Å². The minimum absolute atomic E-state index is 0.133. The lowest BCUT2D eigenvalue weighted by molar-refractivity contribution is -0.163. The average Bonchev–Trinajstić information content (AvgIpc) is 3.24. The molecule has 34 heavy (non-hydrogen) atoms. The maximum atomic E-state index is 12.6. The van der Waals surface area contributed by atoms with Crippen molar-refractivity contribution in [2.75, 3.05) is 11.0 Å². The predicted octanol–water partition coefficient (Wildman–Crippen LogP) is 3.22. The fraction of sp³-hybridized carbons (Fsp3) is 0.480. The number of aliphatic hydroxyl groups excluding tert-OH is 1. The lowest BCUT2D eigenvalue weighted by atomic mass is 9.53. The van der Waals surface area contributed by atoms with Crippen molar-refractivity contribution in [3.05, 3.63) is 47.0 Å². The largest absolute Gasteiger partial charge is 0.487 e. The number of nitrogens with one attached hydrogen (secondary N) is 2. The Morgan fingerprint density at radius 1 is 1.15 bits per heavy atom. The summed E-state index contributed by atoms with van der Waals surface area (Å²) in [4.78, 5) is 15.7. The molecule has 4 aliphatic rings. The van der Waals surface area contributed by atoms with Crippen LogP contribution in [-0.4, -0.2) is 41.0 Å². The molecule has 9 heteroatoms. The number of aromatic amines is 1. The molecule has 4 fully saturated rings. The van der Waals surface area contributed by atoms with Gasteiger partial charge in [0.2, 0.25) is 10.0 Å². The lowest BCUT2D eigenvalue weighted by Crippen LogP contribution is -2.59. The topological polar surface area (TPSA) is 113 Å². The molecule has 8 nitrogen and oxygen atoms in total. The van der Waals surface area contributed by atoms with Crippen molar-refractivity contribution >= 4 is 26.6 Å². The van der Waals surface area contributed by atoms with Crippen LogP contribution in [0, 0.1) is 17.8 Å². The summed E-state index contributed by atoms with van der Waals surface area (Å²) in [5.74, 6) is 1.78. The predicted molar refractivity (Wildman–Crippen MR) is 130 cm³/mol. The number of pyridine rings is 1. The van der Waals surface area contributed by atoms with E-state index in [1.165, 1.54) is 4.57 Å². The SMILES string of the molecule is Cn1cc(-c2cc(NS(C)(=O)=O)ccc2OC23CC4CC(C2)C(O)C(C4)C3)c2cc[nH]c2c1=O. The number of aromatic nitrogens is 2. The Balaban J connectivity index is 1.48. The van der Waals surface area contributed by atoms with E-state index in [0.29, 0.717) is 22.9 Å². The van der Waals surface area contributed by atoms with Gasteiger partial charge in [-0.15, -0.1) is 0 Å². The van der Waals surface area contributed by atoms with E-state index in [1.807, 2.05) is 12.1 Å². The molecule has 7 rings (SSSR count). The molecular weight excluding hydrogens is 454 g/mol. The van der Waals surface area contributed by atoms with Gasteiger partial charge in [-0.1, -0.05) is 0 Å². The normalized spacial score (nSPS) is 30.1. The summed E-state index contributed by atoms with van der Waals surface area (Å²) in [5.41, 5.74) is 1.98. The van der Waals surface area contributed by atoms with Crippen molar-refractivity contribution in [2.45, 2.75) is 43.8 Å². The zero-order chi connectivity index (χ0) is 23.8. The highest BCUT2D eigenvalue weighted by Crippen LogP contribution is 2.57. The zero-order valence-corrected chi connectivity index (χ0v) is 20.1. The Morgan fingerprint density at radius 2 is 1.88 bits per heavy atom. The fourth-order valence-electron chi connectivity index (χ4n) is 6.87. The van der Waals surface area contributed by atoms with Crippen LogP contribution in [0.3, 0.4) is 0 Å². The number of aliphatic hydroxyl groups is 1. The second-order valence-corrected chi connectivity index (χ2v) is 12.3. The second-order valence-electron chi connectivity index (χ2n) is 10.6. The molecule has 1 aromatic carbocycles. The summed E-state index contributed by atoms with van der Waals surface area (Å²) in [6.07, 6.45) is 9.15. The summed E-state index contributed by atoms with van der Waals surface area (Å²) in [7, 11) is -1.77. The number of sulfonamides is 1. The third-order valence-electron chi connectivity index (χ3n) is 7.96. The monoisotopic (exact) mass is 483 g/mol. The molecule has 0 amide bonds. The van der Waals surface area contributed by atoms with Gasteiger partial charge in [-0.05, 0) is 74.1 Å². The van der Waals surface area contributed by atoms with Crippen LogP contribution in [0.4, 0.5) is 5.69 Å². The van der Waals surface area contributed by atoms with Crippen molar-refractivity contribution in [1.29, 1.82) is 0 Å². The molecule has 2 heterocycles. The Labute approximate surface area is 198 Å². The molecule has 4 aliphatic carbocycles. The fourth-order valence-corrected chi connectivity index (χ4v) is 7.43. The van der Waals surface area contributed by atoms with Gasteiger partial charge < -0.3 is 19.4 Å². The molecule has 3 N–H and O–H groups in total. The number of rotatable bonds is 5. The van der Waals surface area contributed by atoms with E-state index >= 15 is 0 Å². The molecule has 2 aromatic heterocycles. The van der Waals surface area contributed by atoms with Crippen LogP contribution in [-0.2, 0) is 17.1 Å². The number of aryl methyl sites for hydroxylation is 1. The molecule has 2 unspecified atom stereocenters. The first-order valence-electron chi connectivity index (χ1n) is 11.8. The van der Waals surface area contributed by atoms with E-state index in [9.17, 15) is 18.3 Å². The van der Waals surface area contributed by atoms with Crippen LogP contribution in [0.5, 0.6) is 5.75 Å². The summed E-state index contributed by atoms with van der Waals surface area (Å²) >= 11 is 0. The van der Waals surface area contributed by atoms with Gasteiger partial charge in [0.1, 0.15) is 16.9 Å². The van der Waals surface area contributed by atoms with Gasteiger partial charge in [0.05, 0.1) is 12.4 Å². The van der Waals surface area contributed by atoms with E-state index in [2.05, 4.69) is 9.71 Å². The highest BCUT2D eigenvalue weighted by atomic mass is 32.2. The molecule has 180 valence electrons. The quantitative estimate of drug-likeness (QED) is 0.516. The smallest absolute Gasteiger partial charge is 0.274 e. The van der Waals surface area contributed by atoms with Gasteiger partial charge in [-0.2, -0.15) is 0 Å². The number of ether oxygens (including phenoxy) is 1. The van der Waals surface area contributed by atoms with Crippen LogP contribution in [0.1, 0.15) is 32.1 Å². The molecule has 3 aromatic rings. The third kappa shape index (κ3) is 3.53. The van der Waals surface area contributed by atoms with Crippen LogP contribution in [0.15, 0.2) is 41.5 Å². The Morgan fingerprint density at radius 3 is 2.59 bits per heavy atom. The number of fused-ring (bicyclic) bond motifs is 1. The van der Waals surface area contributed by atoms with E-state index in [-0.39, 0.29) is 29.1 Å². The summed E-state index contributed by atoms with van der Waals surface area (Å²) in [6.45, 7) is 0. The van der Waals surface area contributed by atoms with Crippen molar-refractivity contribution in [1.82, 2.24) is 9.55 Å². The Bertz CT molecular complexity index is 1440. The maximum absolute atomic E-state index is 12.6. The van der Waals surface area contributed by atoms with Crippen LogP contribution in [0.25, 0.3) is 22.0 Å². The van der Waals surface area contributed by atoms with E-state index in [0.717, 1.165) is 54.9 Å². The highest BCUT2D eigenvalue weighted by molar-refractivity contribution is 7.92. The third-order valence-corrected chi connectivity index (χ3v) is 8.57. The standard InChI is InChI=1S/C25H29N3O5S/c1-28-13-20(18-5-6-26-22(18)24(28)30)19-9-17(27-34(2,31)32)3-4-21(19)33-25-10-14-7-15(11-25)23(29)16(8-14)12-25/h3-6,9,13-16,23,26-27,29H,7-8,10-12H2,1-2H3. The Hall–Kier alpha value is -2.78. The number of H-pyrrole nitrogens is 1. The van der Waals surface area contributed by atoms with Crippen molar-refractivity contribution in [3.63, 3.8) is 0 Å². The number of anilines is 1. The van der Waals surface area contributed by atoms with Gasteiger partial charge in [-0.25, -0.2) is 8.42 Å². The average molecular weight is 484 g/mol. The highest BCUT2D eigenvalue weighted by Gasteiger charge is 2.56. The first-order chi connectivity index (χ1) is 16.1. The Kier molecular flexibility index (Phi) is 4.70. The molecule has 2 atom stereocenters. The van der Waals surface area contributed by atoms with Gasteiger partial charge >= 0.3 is 0 Å². The van der Waals surface area contributed by atoms with Gasteiger partial charge in [0.15, 0.2) is 0 Å². The maximum Gasteiger partial charge on any atom is 0.274 e. The first-order valence-corrected chi connectivity index (χ1v) is 13.7. The molecule has 0 aliphatic heterocycles. The number of hydrogen-bond donors (Lipinski definition) is 3. The molecule has 4 bridgehead atoms. The first kappa shape index (κ1) is 21.7. The second kappa shape index (κ2) is 7.36. The lowest BCUT2D eigenvalue weighted by Gasteiger charge is -2.58. The minimum Gasteiger partial charge on any atom is -0.487 e. The number of nitrogens with zero attached hydrogens (tertiary/aromatic N) is 1. The van der Waals surface area contributed by atoms with Crippen LogP contribution < -0.4 is 15.0 Å². The summed E-state index contributed by atoms with van der Waals surface area (Å²) in [5, 5.41) is 11.4.